The molecule has 0 atom stereocenters. The summed E-state index contributed by atoms with van der Waals surface area (Å²) in [5.74, 6) is -0.315. The first-order chi connectivity index (χ1) is 9.56. The zero-order valence-electron chi connectivity index (χ0n) is 11.5. The van der Waals surface area contributed by atoms with Crippen LogP contribution < -0.4 is 5.32 Å². The van der Waals surface area contributed by atoms with E-state index in [1.807, 2.05) is 13.8 Å². The molecule has 0 bridgehead atoms. The smallest absolute Gasteiger partial charge is 0.410 e. The normalized spacial score (nSPS) is 9.90. The number of hydrogen-bond donors (Lipinski definition) is 1. The van der Waals surface area contributed by atoms with Gasteiger partial charge in [-0.3, -0.25) is 5.32 Å². The molecule has 0 aromatic heterocycles. The minimum atomic E-state index is -0.731. The molecule has 0 unspecified atom stereocenters. The molecule has 0 saturated heterocycles. The largest absolute Gasteiger partial charge is 0.417 e. The minimum absolute atomic E-state index is 0.0848. The Morgan fingerprint density at radius 2 is 2.05 bits per heavy atom. The van der Waals surface area contributed by atoms with Crippen molar-refractivity contribution >= 4 is 23.4 Å². The second-order valence-corrected chi connectivity index (χ2v) is 3.56. The first-order valence-electron chi connectivity index (χ1n) is 5.96. The second kappa shape index (κ2) is 9.81. The van der Waals surface area contributed by atoms with E-state index >= 15 is 0 Å². The Bertz CT molecular complexity index is 513. The zero-order valence-corrected chi connectivity index (χ0v) is 12.2. The molecule has 1 rings (SSSR count). The van der Waals surface area contributed by atoms with Gasteiger partial charge in [0.25, 0.3) is 0 Å². The van der Waals surface area contributed by atoms with Gasteiger partial charge in [-0.2, -0.15) is 0 Å². The molecule has 0 spiro atoms. The molecule has 1 aromatic rings. The molecular weight excluding hydrogens is 281 g/mol. The van der Waals surface area contributed by atoms with Crippen molar-refractivity contribution < 1.29 is 13.9 Å². The van der Waals surface area contributed by atoms with Gasteiger partial charge in [-0.1, -0.05) is 44.7 Å². The summed E-state index contributed by atoms with van der Waals surface area (Å²) in [7, 11) is 0. The van der Waals surface area contributed by atoms with E-state index in [9.17, 15) is 9.18 Å². The van der Waals surface area contributed by atoms with Gasteiger partial charge < -0.3 is 4.74 Å². The Hall–Kier alpha value is -2.07. The van der Waals surface area contributed by atoms with Gasteiger partial charge in [-0.05, 0) is 30.4 Å². The van der Waals surface area contributed by atoms with Gasteiger partial charge in [0.05, 0.1) is 5.02 Å². The van der Waals surface area contributed by atoms with Crippen LogP contribution in [-0.4, -0.2) is 6.09 Å². The van der Waals surface area contributed by atoms with Gasteiger partial charge in [-0.15, -0.1) is 0 Å². The summed E-state index contributed by atoms with van der Waals surface area (Å²) < 4.78 is 17.8. The monoisotopic (exact) mass is 297 g/mol. The van der Waals surface area contributed by atoms with E-state index in [1.165, 1.54) is 30.4 Å². The summed E-state index contributed by atoms with van der Waals surface area (Å²) in [5.41, 5.74) is 0.327. The Labute approximate surface area is 123 Å². The predicted molar refractivity (Wildman–Crippen MR) is 81.3 cm³/mol. The number of nitrogens with one attached hydrogen (secondary N) is 1. The molecule has 1 amide bonds. The number of halogens is 2. The van der Waals surface area contributed by atoms with Gasteiger partial charge in [0, 0.05) is 5.69 Å². The molecule has 20 heavy (non-hydrogen) atoms. The highest BCUT2D eigenvalue weighted by molar-refractivity contribution is 6.31. The van der Waals surface area contributed by atoms with Crippen molar-refractivity contribution in [3.05, 3.63) is 66.2 Å². The van der Waals surface area contributed by atoms with Gasteiger partial charge in [0.2, 0.25) is 0 Å². The highest BCUT2D eigenvalue weighted by Gasteiger charge is 2.07. The maximum Gasteiger partial charge on any atom is 0.417 e. The zero-order chi connectivity index (χ0) is 15.5. The highest BCUT2D eigenvalue weighted by Crippen LogP contribution is 2.19. The van der Waals surface area contributed by atoms with Crippen molar-refractivity contribution in [2.24, 2.45) is 0 Å². The van der Waals surface area contributed by atoms with Crippen molar-refractivity contribution in [1.82, 2.24) is 0 Å². The number of allylic oxidation sites excluding steroid dienone is 3. The summed E-state index contributed by atoms with van der Waals surface area (Å²) >= 11 is 5.57. The maximum atomic E-state index is 12.9. The van der Waals surface area contributed by atoms with Crippen LogP contribution in [0, 0.1) is 5.82 Å². The average Bonchev–Trinajstić information content (AvgIpc) is 2.44. The van der Waals surface area contributed by atoms with Gasteiger partial charge in [-0.25, -0.2) is 9.18 Å². The number of carbonyl (C=O) groups excluding carboxylic acids is 1. The van der Waals surface area contributed by atoms with Crippen LogP contribution >= 0.6 is 11.6 Å². The van der Waals surface area contributed by atoms with E-state index in [2.05, 4.69) is 18.5 Å². The van der Waals surface area contributed by atoms with Crippen molar-refractivity contribution in [3.63, 3.8) is 0 Å². The summed E-state index contributed by atoms with van der Waals surface area (Å²) in [6.07, 6.45) is 3.56. The fraction of sp³-hybridized carbons (Fsp3) is 0.133. The fourth-order valence-corrected chi connectivity index (χ4v) is 1.26. The summed E-state index contributed by atoms with van der Waals surface area (Å²) in [5, 5.41) is 2.31. The lowest BCUT2D eigenvalue weighted by molar-refractivity contribution is 0.195. The third-order valence-corrected chi connectivity index (χ3v) is 2.15. The van der Waals surface area contributed by atoms with Crippen LogP contribution in [0.15, 0.2) is 55.3 Å². The van der Waals surface area contributed by atoms with Crippen LogP contribution in [0.3, 0.4) is 0 Å². The quantitative estimate of drug-likeness (QED) is 0.604. The molecule has 0 fully saturated rings. The number of benzene rings is 1. The van der Waals surface area contributed by atoms with E-state index < -0.39 is 11.9 Å². The van der Waals surface area contributed by atoms with E-state index in [-0.39, 0.29) is 10.8 Å². The topological polar surface area (TPSA) is 38.3 Å². The molecule has 0 aliphatic carbocycles. The molecule has 0 heterocycles. The molecule has 108 valence electrons. The first-order valence-corrected chi connectivity index (χ1v) is 6.33. The van der Waals surface area contributed by atoms with E-state index in [1.54, 1.807) is 0 Å². The summed E-state index contributed by atoms with van der Waals surface area (Å²) in [6.45, 7) is 10.9. The summed E-state index contributed by atoms with van der Waals surface area (Å²) in [4.78, 5) is 11.5. The SMILES string of the molecule is C=C/C=C(\C=C)OC(=O)Nc1ccc(F)c(Cl)c1.CC. The number of anilines is 1. The number of ether oxygens (including phenoxy) is 1. The van der Waals surface area contributed by atoms with Crippen LogP contribution in [0.5, 0.6) is 0 Å². The average molecular weight is 298 g/mol. The van der Waals surface area contributed by atoms with Crippen molar-refractivity contribution in [2.75, 3.05) is 5.32 Å². The lowest BCUT2D eigenvalue weighted by Crippen LogP contribution is -2.12. The molecule has 0 radical (unpaired) electrons. The molecule has 1 aromatic carbocycles. The molecule has 5 heteroatoms. The molecule has 0 aliphatic heterocycles. The van der Waals surface area contributed by atoms with Crippen molar-refractivity contribution in [2.45, 2.75) is 13.8 Å². The first kappa shape index (κ1) is 17.9. The van der Waals surface area contributed by atoms with Gasteiger partial charge >= 0.3 is 6.09 Å². The maximum absolute atomic E-state index is 12.9. The Morgan fingerprint density at radius 3 is 2.55 bits per heavy atom. The Morgan fingerprint density at radius 1 is 1.40 bits per heavy atom. The van der Waals surface area contributed by atoms with Crippen LogP contribution in [0.2, 0.25) is 5.02 Å². The molecule has 0 saturated carbocycles. The summed E-state index contributed by atoms with van der Waals surface area (Å²) in [6, 6.07) is 3.79. The second-order valence-electron chi connectivity index (χ2n) is 3.15. The van der Waals surface area contributed by atoms with Crippen molar-refractivity contribution in [3.8, 4) is 0 Å². The molecule has 1 N–H and O–H groups in total. The van der Waals surface area contributed by atoms with E-state index in [4.69, 9.17) is 16.3 Å². The predicted octanol–water partition coefficient (Wildman–Crippen LogP) is 5.31. The fourth-order valence-electron chi connectivity index (χ4n) is 1.08. The van der Waals surface area contributed by atoms with Gasteiger partial charge in [0.1, 0.15) is 11.6 Å². The Kier molecular flexibility index (Phi) is 8.79. The number of amides is 1. The molecule has 0 aliphatic rings. The lowest BCUT2D eigenvalue weighted by Gasteiger charge is -2.07. The van der Waals surface area contributed by atoms with Gasteiger partial charge in [0.15, 0.2) is 0 Å². The number of rotatable bonds is 4. The van der Waals surface area contributed by atoms with Crippen LogP contribution in [0.4, 0.5) is 14.9 Å². The molecule has 3 nitrogen and oxygen atoms in total. The number of hydrogen-bond acceptors (Lipinski definition) is 2. The Balaban J connectivity index is 0.00000172. The third kappa shape index (κ3) is 6.20. The lowest BCUT2D eigenvalue weighted by atomic mass is 10.3. The third-order valence-electron chi connectivity index (χ3n) is 1.86. The van der Waals surface area contributed by atoms with E-state index in [0.29, 0.717) is 5.69 Å². The van der Waals surface area contributed by atoms with E-state index in [0.717, 1.165) is 6.07 Å². The highest BCUT2D eigenvalue weighted by atomic mass is 35.5. The number of carbonyl (C=O) groups is 1. The molecular formula is C15H17ClFNO2. The standard InChI is InChI=1S/C13H11ClFNO2.C2H6/c1-3-5-10(4-2)18-13(17)16-9-6-7-12(15)11(14)8-9;1-2/h3-8H,1-2H2,(H,16,17);1-2H3/b10-5+;. The van der Waals surface area contributed by atoms with Crippen LogP contribution in [0.25, 0.3) is 0 Å². The van der Waals surface area contributed by atoms with Crippen molar-refractivity contribution in [1.29, 1.82) is 0 Å². The van der Waals surface area contributed by atoms with Crippen LogP contribution in [0.1, 0.15) is 13.8 Å². The van der Waals surface area contributed by atoms with Crippen LogP contribution in [-0.2, 0) is 4.74 Å². The minimum Gasteiger partial charge on any atom is -0.410 e.